The van der Waals surface area contributed by atoms with Gasteiger partial charge >= 0.3 is 0 Å². The van der Waals surface area contributed by atoms with Crippen molar-refractivity contribution < 1.29 is 5.11 Å². The Morgan fingerprint density at radius 1 is 1.60 bits per heavy atom. The third-order valence-electron chi connectivity index (χ3n) is 2.29. The maximum Gasteiger partial charge on any atom is 0.0911 e. The van der Waals surface area contributed by atoms with Crippen molar-refractivity contribution in [3.05, 3.63) is 40.1 Å². The van der Waals surface area contributed by atoms with Gasteiger partial charge in [-0.15, -0.1) is 11.3 Å². The maximum absolute atomic E-state index is 9.54. The third kappa shape index (κ3) is 2.27. The van der Waals surface area contributed by atoms with Crippen molar-refractivity contribution in [3.63, 3.8) is 0 Å². The highest BCUT2D eigenvalue weighted by Gasteiger charge is 2.07. The van der Waals surface area contributed by atoms with Crippen molar-refractivity contribution in [3.8, 4) is 0 Å². The standard InChI is InChI=1S/C11H14N2OS/c1-8(14)11-4-3-5-13(11)7-10-6-12-9(2)15-10/h3-6,8,14H,7H2,1-2H3. The molecule has 0 fully saturated rings. The minimum absolute atomic E-state index is 0.422. The van der Waals surface area contributed by atoms with E-state index in [0.29, 0.717) is 0 Å². The summed E-state index contributed by atoms with van der Waals surface area (Å²) in [5.41, 5.74) is 0.945. The van der Waals surface area contributed by atoms with E-state index < -0.39 is 6.10 Å². The molecule has 0 radical (unpaired) electrons. The predicted octanol–water partition coefficient (Wildman–Crippen LogP) is 2.35. The summed E-state index contributed by atoms with van der Waals surface area (Å²) in [5, 5.41) is 10.6. The number of aliphatic hydroxyl groups excluding tert-OH is 1. The molecule has 4 heteroatoms. The fourth-order valence-corrected chi connectivity index (χ4v) is 2.39. The van der Waals surface area contributed by atoms with Gasteiger partial charge in [0.1, 0.15) is 0 Å². The molecule has 80 valence electrons. The van der Waals surface area contributed by atoms with Gasteiger partial charge in [0, 0.05) is 23.0 Å². The number of aromatic nitrogens is 2. The number of thiazole rings is 1. The molecular formula is C11H14N2OS. The summed E-state index contributed by atoms with van der Waals surface area (Å²) in [6.45, 7) is 4.57. The molecule has 2 rings (SSSR count). The van der Waals surface area contributed by atoms with E-state index in [0.717, 1.165) is 17.2 Å². The zero-order valence-electron chi connectivity index (χ0n) is 8.84. The van der Waals surface area contributed by atoms with Gasteiger partial charge in [0.2, 0.25) is 0 Å². The van der Waals surface area contributed by atoms with Gasteiger partial charge in [-0.2, -0.15) is 0 Å². The second-order valence-electron chi connectivity index (χ2n) is 3.58. The lowest BCUT2D eigenvalue weighted by molar-refractivity contribution is 0.190. The van der Waals surface area contributed by atoms with Crippen molar-refractivity contribution >= 4 is 11.3 Å². The zero-order valence-corrected chi connectivity index (χ0v) is 9.66. The molecule has 0 bridgehead atoms. The van der Waals surface area contributed by atoms with Crippen LogP contribution in [0.5, 0.6) is 0 Å². The molecule has 0 aliphatic heterocycles. The lowest BCUT2D eigenvalue weighted by Crippen LogP contribution is -2.04. The smallest absolute Gasteiger partial charge is 0.0911 e. The molecule has 0 aliphatic carbocycles. The Balaban J connectivity index is 2.20. The Kier molecular flexibility index (Phi) is 2.88. The number of aryl methyl sites for hydroxylation is 1. The molecule has 0 spiro atoms. The number of hydrogen-bond donors (Lipinski definition) is 1. The lowest BCUT2D eigenvalue weighted by atomic mass is 10.3. The summed E-state index contributed by atoms with van der Waals surface area (Å²) in [6.07, 6.45) is 3.46. The van der Waals surface area contributed by atoms with Crippen LogP contribution in [-0.2, 0) is 6.54 Å². The van der Waals surface area contributed by atoms with Crippen LogP contribution in [0.3, 0.4) is 0 Å². The zero-order chi connectivity index (χ0) is 10.8. The second kappa shape index (κ2) is 4.16. The number of hydrogen-bond acceptors (Lipinski definition) is 3. The first-order chi connectivity index (χ1) is 7.16. The average molecular weight is 222 g/mol. The Bertz CT molecular complexity index is 445. The van der Waals surface area contributed by atoms with Crippen LogP contribution in [0.4, 0.5) is 0 Å². The van der Waals surface area contributed by atoms with Gasteiger partial charge in [-0.25, -0.2) is 4.98 Å². The first-order valence-electron chi connectivity index (χ1n) is 4.91. The fraction of sp³-hybridized carbons (Fsp3) is 0.364. The van der Waals surface area contributed by atoms with E-state index in [1.807, 2.05) is 31.5 Å². The Hall–Kier alpha value is -1.13. The van der Waals surface area contributed by atoms with E-state index in [1.54, 1.807) is 18.3 Å². The van der Waals surface area contributed by atoms with Crippen LogP contribution < -0.4 is 0 Å². The van der Waals surface area contributed by atoms with E-state index in [-0.39, 0.29) is 0 Å². The maximum atomic E-state index is 9.54. The quantitative estimate of drug-likeness (QED) is 0.865. The van der Waals surface area contributed by atoms with Gasteiger partial charge in [0.25, 0.3) is 0 Å². The summed E-state index contributed by atoms with van der Waals surface area (Å²) < 4.78 is 2.05. The first kappa shape index (κ1) is 10.4. The van der Waals surface area contributed by atoms with E-state index >= 15 is 0 Å². The highest BCUT2D eigenvalue weighted by atomic mass is 32.1. The van der Waals surface area contributed by atoms with Crippen molar-refractivity contribution in [2.45, 2.75) is 26.5 Å². The van der Waals surface area contributed by atoms with E-state index in [4.69, 9.17) is 0 Å². The molecule has 2 aromatic heterocycles. The Morgan fingerprint density at radius 2 is 2.40 bits per heavy atom. The SMILES string of the molecule is Cc1ncc(Cn2cccc2C(C)O)s1. The summed E-state index contributed by atoms with van der Waals surface area (Å²) in [4.78, 5) is 5.43. The molecule has 0 aromatic carbocycles. The van der Waals surface area contributed by atoms with Crippen LogP contribution in [0.1, 0.15) is 28.6 Å². The van der Waals surface area contributed by atoms with E-state index in [1.165, 1.54) is 4.88 Å². The topological polar surface area (TPSA) is 38.0 Å². The van der Waals surface area contributed by atoms with Crippen LogP contribution in [0.25, 0.3) is 0 Å². The molecular weight excluding hydrogens is 208 g/mol. The van der Waals surface area contributed by atoms with Crippen LogP contribution in [-0.4, -0.2) is 14.7 Å². The molecule has 2 aromatic rings. The summed E-state index contributed by atoms with van der Waals surface area (Å²) >= 11 is 1.69. The Morgan fingerprint density at radius 3 is 3.00 bits per heavy atom. The van der Waals surface area contributed by atoms with Gasteiger partial charge in [-0.05, 0) is 26.0 Å². The molecule has 1 atom stereocenters. The molecule has 15 heavy (non-hydrogen) atoms. The monoisotopic (exact) mass is 222 g/mol. The van der Waals surface area contributed by atoms with Gasteiger partial charge in [-0.1, -0.05) is 0 Å². The van der Waals surface area contributed by atoms with Crippen LogP contribution in [0.15, 0.2) is 24.5 Å². The number of nitrogens with zero attached hydrogens (tertiary/aromatic N) is 2. The minimum Gasteiger partial charge on any atom is -0.387 e. The average Bonchev–Trinajstić information content (AvgIpc) is 2.75. The van der Waals surface area contributed by atoms with Crippen molar-refractivity contribution in [1.29, 1.82) is 0 Å². The van der Waals surface area contributed by atoms with Gasteiger partial charge in [0.05, 0.1) is 17.7 Å². The summed E-state index contributed by atoms with van der Waals surface area (Å²) in [6, 6.07) is 3.90. The molecule has 1 N–H and O–H groups in total. The second-order valence-corrected chi connectivity index (χ2v) is 4.90. The van der Waals surface area contributed by atoms with Crippen molar-refractivity contribution in [2.24, 2.45) is 0 Å². The molecule has 0 aliphatic rings. The molecule has 0 saturated heterocycles. The summed E-state index contributed by atoms with van der Waals surface area (Å²) in [5.74, 6) is 0. The molecule has 3 nitrogen and oxygen atoms in total. The number of aliphatic hydroxyl groups is 1. The third-order valence-corrected chi connectivity index (χ3v) is 3.19. The van der Waals surface area contributed by atoms with E-state index in [9.17, 15) is 5.11 Å². The normalized spacial score (nSPS) is 13.0. The van der Waals surface area contributed by atoms with Gasteiger partial charge in [-0.3, -0.25) is 0 Å². The lowest BCUT2D eigenvalue weighted by Gasteiger charge is -2.09. The van der Waals surface area contributed by atoms with E-state index in [2.05, 4.69) is 9.55 Å². The summed E-state index contributed by atoms with van der Waals surface area (Å²) in [7, 11) is 0. The van der Waals surface area contributed by atoms with Crippen LogP contribution >= 0.6 is 11.3 Å². The van der Waals surface area contributed by atoms with Crippen molar-refractivity contribution in [2.75, 3.05) is 0 Å². The minimum atomic E-state index is -0.422. The van der Waals surface area contributed by atoms with Gasteiger partial charge in [0.15, 0.2) is 0 Å². The van der Waals surface area contributed by atoms with Crippen molar-refractivity contribution in [1.82, 2.24) is 9.55 Å². The Labute approximate surface area is 93.0 Å². The number of rotatable bonds is 3. The fourth-order valence-electron chi connectivity index (χ4n) is 1.60. The molecule has 0 saturated carbocycles. The largest absolute Gasteiger partial charge is 0.387 e. The first-order valence-corrected chi connectivity index (χ1v) is 5.73. The highest BCUT2D eigenvalue weighted by molar-refractivity contribution is 7.11. The molecule has 0 amide bonds. The molecule has 1 unspecified atom stereocenters. The highest BCUT2D eigenvalue weighted by Crippen LogP contribution is 2.18. The van der Waals surface area contributed by atoms with Gasteiger partial charge < -0.3 is 9.67 Å². The predicted molar refractivity (Wildman–Crippen MR) is 61.0 cm³/mol. The van der Waals surface area contributed by atoms with Crippen LogP contribution in [0.2, 0.25) is 0 Å². The van der Waals surface area contributed by atoms with Crippen LogP contribution in [0, 0.1) is 6.92 Å². The molecule has 2 heterocycles.